The zero-order valence-electron chi connectivity index (χ0n) is 17.0. The van der Waals surface area contributed by atoms with Crippen LogP contribution in [0.25, 0.3) is 5.69 Å². The quantitative estimate of drug-likeness (QED) is 0.399. The van der Waals surface area contributed by atoms with Gasteiger partial charge in [0.25, 0.3) is 0 Å². The van der Waals surface area contributed by atoms with Crippen molar-refractivity contribution < 1.29 is 4.79 Å². The first kappa shape index (κ1) is 21.1. The van der Waals surface area contributed by atoms with Crippen LogP contribution < -0.4 is 5.32 Å². The van der Waals surface area contributed by atoms with Crippen molar-refractivity contribution in [3.8, 4) is 5.69 Å². The Morgan fingerprint density at radius 1 is 1.03 bits per heavy atom. The summed E-state index contributed by atoms with van der Waals surface area (Å²) in [7, 11) is 0. The largest absolute Gasteiger partial charge is 0.325 e. The Morgan fingerprint density at radius 3 is 2.52 bits per heavy atom. The monoisotopic (exact) mass is 449 g/mol. The summed E-state index contributed by atoms with van der Waals surface area (Å²) in [6, 6.07) is 22.8. The van der Waals surface area contributed by atoms with Gasteiger partial charge in [-0.05, 0) is 71.3 Å². The number of benzene rings is 3. The highest BCUT2D eigenvalue weighted by atomic mass is 35.5. The number of thioether (sulfide) groups is 1. The van der Waals surface area contributed by atoms with Crippen LogP contribution in [-0.2, 0) is 4.79 Å². The maximum atomic E-state index is 13.4. The third kappa shape index (κ3) is 4.95. The van der Waals surface area contributed by atoms with E-state index in [1.54, 1.807) is 16.8 Å². The van der Waals surface area contributed by atoms with E-state index in [9.17, 15) is 4.79 Å². The highest BCUT2D eigenvalue weighted by molar-refractivity contribution is 8.00. The fourth-order valence-electron chi connectivity index (χ4n) is 3.07. The van der Waals surface area contributed by atoms with Crippen LogP contribution >= 0.6 is 23.4 Å². The Labute approximate surface area is 189 Å². The molecule has 0 aliphatic rings. The molecule has 0 radical (unpaired) electrons. The van der Waals surface area contributed by atoms with E-state index in [0.29, 0.717) is 10.2 Å². The first-order valence-corrected chi connectivity index (χ1v) is 10.9. The third-order valence-electron chi connectivity index (χ3n) is 4.73. The van der Waals surface area contributed by atoms with Crippen molar-refractivity contribution in [1.29, 1.82) is 0 Å². The lowest BCUT2D eigenvalue weighted by molar-refractivity contribution is -0.115. The summed E-state index contributed by atoms with van der Waals surface area (Å²) in [6.45, 7) is 3.97. The van der Waals surface area contributed by atoms with Gasteiger partial charge in [0, 0.05) is 10.7 Å². The average molecular weight is 450 g/mol. The molecule has 1 atom stereocenters. The number of amides is 1. The molecule has 0 saturated carbocycles. The van der Waals surface area contributed by atoms with Crippen LogP contribution in [0.5, 0.6) is 0 Å². The number of hydrogen-bond acceptors (Lipinski definition) is 5. The number of carbonyl (C=O) groups excluding carboxylic acids is 1. The van der Waals surface area contributed by atoms with Crippen LogP contribution in [0, 0.1) is 13.8 Å². The highest BCUT2D eigenvalue weighted by Gasteiger charge is 2.26. The topological polar surface area (TPSA) is 72.7 Å². The molecule has 0 spiro atoms. The number of halogens is 1. The van der Waals surface area contributed by atoms with Gasteiger partial charge in [-0.25, -0.2) is 0 Å². The van der Waals surface area contributed by atoms with Gasteiger partial charge in [0.1, 0.15) is 5.25 Å². The van der Waals surface area contributed by atoms with Crippen molar-refractivity contribution in [3.63, 3.8) is 0 Å². The minimum absolute atomic E-state index is 0.143. The molecular weight excluding hydrogens is 430 g/mol. The minimum Gasteiger partial charge on any atom is -0.325 e. The first-order valence-electron chi connectivity index (χ1n) is 9.65. The van der Waals surface area contributed by atoms with Crippen molar-refractivity contribution >= 4 is 35.0 Å². The van der Waals surface area contributed by atoms with Gasteiger partial charge in [-0.3, -0.25) is 4.79 Å². The molecule has 1 heterocycles. The lowest BCUT2D eigenvalue weighted by Gasteiger charge is -2.18. The van der Waals surface area contributed by atoms with E-state index >= 15 is 0 Å². The van der Waals surface area contributed by atoms with Crippen LogP contribution in [-0.4, -0.2) is 26.1 Å². The van der Waals surface area contributed by atoms with Crippen LogP contribution in [0.15, 0.2) is 78.0 Å². The summed E-state index contributed by atoms with van der Waals surface area (Å²) in [5.74, 6) is -0.143. The normalized spacial score (nSPS) is 11.8. The molecule has 1 aromatic heterocycles. The van der Waals surface area contributed by atoms with E-state index in [0.717, 1.165) is 28.1 Å². The number of rotatable bonds is 6. The van der Waals surface area contributed by atoms with E-state index in [1.807, 2.05) is 74.5 Å². The fraction of sp³-hybridized carbons (Fsp3) is 0.130. The van der Waals surface area contributed by atoms with Crippen molar-refractivity contribution in [2.24, 2.45) is 0 Å². The average Bonchev–Trinajstić information content (AvgIpc) is 3.24. The van der Waals surface area contributed by atoms with Gasteiger partial charge in [-0.15, -0.1) is 5.10 Å². The van der Waals surface area contributed by atoms with Gasteiger partial charge in [0.15, 0.2) is 0 Å². The highest BCUT2D eigenvalue weighted by Crippen LogP contribution is 2.36. The van der Waals surface area contributed by atoms with Crippen molar-refractivity contribution in [1.82, 2.24) is 20.2 Å². The van der Waals surface area contributed by atoms with E-state index in [2.05, 4.69) is 20.8 Å². The molecule has 1 amide bonds. The van der Waals surface area contributed by atoms with Crippen molar-refractivity contribution in [2.45, 2.75) is 24.3 Å². The first-order chi connectivity index (χ1) is 15.0. The summed E-state index contributed by atoms with van der Waals surface area (Å²) >= 11 is 7.29. The molecule has 8 heteroatoms. The van der Waals surface area contributed by atoms with Crippen molar-refractivity contribution in [2.75, 3.05) is 5.32 Å². The molecule has 31 heavy (non-hydrogen) atoms. The van der Waals surface area contributed by atoms with Crippen molar-refractivity contribution in [3.05, 3.63) is 94.5 Å². The molecule has 3 aromatic carbocycles. The smallest absolute Gasteiger partial charge is 0.242 e. The molecule has 0 bridgehead atoms. The van der Waals surface area contributed by atoms with Gasteiger partial charge in [-0.2, -0.15) is 4.68 Å². The van der Waals surface area contributed by atoms with Gasteiger partial charge in [0.05, 0.1) is 5.69 Å². The second-order valence-electron chi connectivity index (χ2n) is 7.07. The number of nitrogens with one attached hydrogen (secondary N) is 1. The minimum atomic E-state index is -0.543. The van der Waals surface area contributed by atoms with Crippen LogP contribution in [0.2, 0.25) is 5.02 Å². The van der Waals surface area contributed by atoms with E-state index in [-0.39, 0.29) is 5.91 Å². The SMILES string of the molecule is Cc1ccc(C)c(NC(=O)[C@@H](Sc2nnnn2-c2ccc(Cl)cc2)c2ccccc2)c1. The van der Waals surface area contributed by atoms with Gasteiger partial charge in [0.2, 0.25) is 11.1 Å². The number of tetrazole rings is 1. The Kier molecular flexibility index (Phi) is 6.34. The Bertz CT molecular complexity index is 1190. The molecule has 0 aliphatic carbocycles. The Hall–Kier alpha value is -3.16. The molecule has 0 fully saturated rings. The predicted octanol–water partition coefficient (Wildman–Crippen LogP) is 5.40. The molecule has 0 unspecified atom stereocenters. The summed E-state index contributed by atoms with van der Waals surface area (Å²) < 4.78 is 1.60. The summed E-state index contributed by atoms with van der Waals surface area (Å²) in [5, 5.41) is 15.7. The molecule has 6 nitrogen and oxygen atoms in total. The lowest BCUT2D eigenvalue weighted by Crippen LogP contribution is -2.20. The van der Waals surface area contributed by atoms with Crippen LogP contribution in [0.1, 0.15) is 21.9 Å². The van der Waals surface area contributed by atoms with Gasteiger partial charge < -0.3 is 5.32 Å². The number of hydrogen-bond donors (Lipinski definition) is 1. The molecule has 4 aromatic rings. The molecular formula is C23H20ClN5OS. The maximum absolute atomic E-state index is 13.4. The number of aromatic nitrogens is 4. The maximum Gasteiger partial charge on any atom is 0.242 e. The van der Waals surface area contributed by atoms with Gasteiger partial charge in [-0.1, -0.05) is 65.8 Å². The Morgan fingerprint density at radius 2 is 1.77 bits per heavy atom. The second-order valence-corrected chi connectivity index (χ2v) is 8.57. The zero-order chi connectivity index (χ0) is 21.8. The molecule has 0 aliphatic heterocycles. The zero-order valence-corrected chi connectivity index (χ0v) is 18.6. The third-order valence-corrected chi connectivity index (χ3v) is 6.17. The van der Waals surface area contributed by atoms with E-state index in [1.165, 1.54) is 11.8 Å². The summed E-state index contributed by atoms with van der Waals surface area (Å²) in [5.41, 5.74) is 4.50. The predicted molar refractivity (Wildman–Crippen MR) is 124 cm³/mol. The molecule has 1 N–H and O–H groups in total. The van der Waals surface area contributed by atoms with E-state index < -0.39 is 5.25 Å². The molecule has 156 valence electrons. The fourth-order valence-corrected chi connectivity index (χ4v) is 4.19. The van der Waals surface area contributed by atoms with Crippen LogP contribution in [0.4, 0.5) is 5.69 Å². The standard InChI is InChI=1S/C23H20ClN5OS/c1-15-8-9-16(2)20(14-15)25-22(30)21(17-6-4-3-5-7-17)31-23-26-27-28-29(23)19-12-10-18(24)11-13-19/h3-14,21H,1-2H3,(H,25,30)/t21-/m0/s1. The number of anilines is 1. The van der Waals surface area contributed by atoms with Gasteiger partial charge >= 0.3 is 0 Å². The molecule has 4 rings (SSSR count). The van der Waals surface area contributed by atoms with E-state index in [4.69, 9.17) is 11.6 Å². The summed E-state index contributed by atoms with van der Waals surface area (Å²) in [4.78, 5) is 13.4. The number of nitrogens with zero attached hydrogens (tertiary/aromatic N) is 4. The summed E-state index contributed by atoms with van der Waals surface area (Å²) in [6.07, 6.45) is 0. The van der Waals surface area contributed by atoms with Crippen LogP contribution in [0.3, 0.4) is 0 Å². The second kappa shape index (κ2) is 9.32. The molecule has 0 saturated heterocycles. The number of aryl methyl sites for hydroxylation is 2. The number of carbonyl (C=O) groups is 1. The lowest BCUT2D eigenvalue weighted by atomic mass is 10.1. The Balaban J connectivity index is 1.66.